The first-order chi connectivity index (χ1) is 7.13. The van der Waals surface area contributed by atoms with E-state index in [2.05, 4.69) is 25.7 Å². The maximum atomic E-state index is 9.64. The van der Waals surface area contributed by atoms with Gasteiger partial charge in [0.05, 0.1) is 6.10 Å². The van der Waals surface area contributed by atoms with E-state index in [0.717, 1.165) is 24.8 Å². The SMILES string of the molecule is CCC(O)CN1CCCC(C(C)C)CC1. The van der Waals surface area contributed by atoms with E-state index in [4.69, 9.17) is 0 Å². The van der Waals surface area contributed by atoms with Crippen molar-refractivity contribution in [3.63, 3.8) is 0 Å². The molecular formula is C13H27NO. The number of nitrogens with zero attached hydrogens (tertiary/aromatic N) is 1. The summed E-state index contributed by atoms with van der Waals surface area (Å²) in [5, 5.41) is 9.64. The van der Waals surface area contributed by atoms with Crippen LogP contribution in [0.25, 0.3) is 0 Å². The lowest BCUT2D eigenvalue weighted by molar-refractivity contribution is 0.110. The molecule has 1 heterocycles. The lowest BCUT2D eigenvalue weighted by atomic mass is 9.89. The molecule has 0 bridgehead atoms. The van der Waals surface area contributed by atoms with Crippen LogP contribution in [0.1, 0.15) is 46.5 Å². The number of rotatable bonds is 4. The van der Waals surface area contributed by atoms with Gasteiger partial charge >= 0.3 is 0 Å². The zero-order valence-electron chi connectivity index (χ0n) is 10.6. The minimum Gasteiger partial charge on any atom is -0.392 e. The summed E-state index contributed by atoms with van der Waals surface area (Å²) in [7, 11) is 0. The smallest absolute Gasteiger partial charge is 0.0664 e. The second kappa shape index (κ2) is 6.49. The lowest BCUT2D eigenvalue weighted by Crippen LogP contribution is -2.33. The first-order valence-electron chi connectivity index (χ1n) is 6.54. The molecular weight excluding hydrogens is 186 g/mol. The number of β-amino-alcohol motifs (C(OH)–C–C–N with tert-alkyl or cyclic N) is 1. The van der Waals surface area contributed by atoms with E-state index in [9.17, 15) is 5.11 Å². The van der Waals surface area contributed by atoms with Gasteiger partial charge in [-0.15, -0.1) is 0 Å². The summed E-state index contributed by atoms with van der Waals surface area (Å²) < 4.78 is 0. The third-order valence-electron chi connectivity index (χ3n) is 3.75. The van der Waals surface area contributed by atoms with Gasteiger partial charge in [0.1, 0.15) is 0 Å². The molecule has 90 valence electrons. The highest BCUT2D eigenvalue weighted by molar-refractivity contribution is 4.73. The fourth-order valence-corrected chi connectivity index (χ4v) is 2.46. The highest BCUT2D eigenvalue weighted by Gasteiger charge is 2.20. The predicted molar refractivity (Wildman–Crippen MR) is 64.9 cm³/mol. The highest BCUT2D eigenvalue weighted by atomic mass is 16.3. The molecule has 0 aromatic rings. The van der Waals surface area contributed by atoms with E-state index in [1.165, 1.54) is 32.4 Å². The first-order valence-corrected chi connectivity index (χ1v) is 6.54. The van der Waals surface area contributed by atoms with Crippen LogP contribution in [0.15, 0.2) is 0 Å². The molecule has 1 fully saturated rings. The van der Waals surface area contributed by atoms with Crippen molar-refractivity contribution < 1.29 is 5.11 Å². The van der Waals surface area contributed by atoms with Crippen LogP contribution in [0, 0.1) is 11.8 Å². The van der Waals surface area contributed by atoms with Crippen molar-refractivity contribution in [2.75, 3.05) is 19.6 Å². The van der Waals surface area contributed by atoms with Crippen molar-refractivity contribution in [2.45, 2.75) is 52.6 Å². The molecule has 0 radical (unpaired) electrons. The predicted octanol–water partition coefficient (Wildman–Crippen LogP) is 2.52. The van der Waals surface area contributed by atoms with Gasteiger partial charge in [0, 0.05) is 6.54 Å². The summed E-state index contributed by atoms with van der Waals surface area (Å²) in [5.41, 5.74) is 0. The Hall–Kier alpha value is -0.0800. The Labute approximate surface area is 94.7 Å². The zero-order chi connectivity index (χ0) is 11.3. The van der Waals surface area contributed by atoms with Crippen LogP contribution in [0.4, 0.5) is 0 Å². The number of hydrogen-bond acceptors (Lipinski definition) is 2. The van der Waals surface area contributed by atoms with E-state index < -0.39 is 0 Å². The average Bonchev–Trinajstić information content (AvgIpc) is 2.43. The molecule has 0 saturated carbocycles. The normalized spacial score (nSPS) is 26.6. The van der Waals surface area contributed by atoms with Gasteiger partial charge < -0.3 is 10.0 Å². The molecule has 1 aliphatic heterocycles. The molecule has 0 aromatic heterocycles. The van der Waals surface area contributed by atoms with Crippen molar-refractivity contribution in [2.24, 2.45) is 11.8 Å². The molecule has 0 aromatic carbocycles. The average molecular weight is 213 g/mol. The van der Waals surface area contributed by atoms with E-state index in [-0.39, 0.29) is 6.10 Å². The van der Waals surface area contributed by atoms with Crippen LogP contribution in [0.2, 0.25) is 0 Å². The molecule has 0 spiro atoms. The van der Waals surface area contributed by atoms with Crippen LogP contribution in [0.5, 0.6) is 0 Å². The van der Waals surface area contributed by atoms with Gasteiger partial charge in [-0.25, -0.2) is 0 Å². The van der Waals surface area contributed by atoms with Gasteiger partial charge in [0.2, 0.25) is 0 Å². The third-order valence-corrected chi connectivity index (χ3v) is 3.75. The van der Waals surface area contributed by atoms with Crippen LogP contribution < -0.4 is 0 Å². The lowest BCUT2D eigenvalue weighted by Gasteiger charge is -2.23. The fourth-order valence-electron chi connectivity index (χ4n) is 2.46. The van der Waals surface area contributed by atoms with E-state index in [1.54, 1.807) is 0 Å². The Morgan fingerprint density at radius 2 is 2.00 bits per heavy atom. The summed E-state index contributed by atoms with van der Waals surface area (Å²) in [6.07, 6.45) is 4.74. The third kappa shape index (κ3) is 4.52. The Balaban J connectivity index is 2.32. The summed E-state index contributed by atoms with van der Waals surface area (Å²) in [6.45, 7) is 9.96. The van der Waals surface area contributed by atoms with Gasteiger partial charge in [-0.3, -0.25) is 0 Å². The minimum absolute atomic E-state index is 0.124. The van der Waals surface area contributed by atoms with Crippen molar-refractivity contribution in [3.05, 3.63) is 0 Å². The fraction of sp³-hybridized carbons (Fsp3) is 1.00. The van der Waals surface area contributed by atoms with Crippen LogP contribution in [-0.4, -0.2) is 35.7 Å². The zero-order valence-corrected chi connectivity index (χ0v) is 10.6. The molecule has 1 aliphatic rings. The Morgan fingerprint density at radius 3 is 2.60 bits per heavy atom. The van der Waals surface area contributed by atoms with Gasteiger partial charge in [-0.05, 0) is 50.6 Å². The van der Waals surface area contributed by atoms with Crippen molar-refractivity contribution in [1.82, 2.24) is 4.90 Å². The maximum Gasteiger partial charge on any atom is 0.0664 e. The molecule has 0 aliphatic carbocycles. The molecule has 2 nitrogen and oxygen atoms in total. The second-order valence-corrected chi connectivity index (χ2v) is 5.30. The topological polar surface area (TPSA) is 23.5 Å². The van der Waals surface area contributed by atoms with Crippen molar-refractivity contribution in [3.8, 4) is 0 Å². The summed E-state index contributed by atoms with van der Waals surface area (Å²) >= 11 is 0. The van der Waals surface area contributed by atoms with Gasteiger partial charge in [0.25, 0.3) is 0 Å². The summed E-state index contributed by atoms with van der Waals surface area (Å²) in [6, 6.07) is 0. The number of aliphatic hydroxyl groups excluding tert-OH is 1. The van der Waals surface area contributed by atoms with Crippen molar-refractivity contribution >= 4 is 0 Å². The van der Waals surface area contributed by atoms with Gasteiger partial charge in [0.15, 0.2) is 0 Å². The van der Waals surface area contributed by atoms with E-state index in [0.29, 0.717) is 0 Å². The minimum atomic E-state index is -0.124. The highest BCUT2D eigenvalue weighted by Crippen LogP contribution is 2.24. The molecule has 15 heavy (non-hydrogen) atoms. The maximum absolute atomic E-state index is 9.64. The molecule has 2 heteroatoms. The first kappa shape index (κ1) is 13.0. The standard InChI is InChI=1S/C13H27NO/c1-4-13(15)10-14-8-5-6-12(7-9-14)11(2)3/h11-13,15H,4-10H2,1-3H3. The molecule has 2 atom stereocenters. The Bertz CT molecular complexity index is 170. The van der Waals surface area contributed by atoms with Crippen LogP contribution >= 0.6 is 0 Å². The Morgan fingerprint density at radius 1 is 1.27 bits per heavy atom. The Kier molecular flexibility index (Phi) is 5.62. The molecule has 1 rings (SSSR count). The quantitative estimate of drug-likeness (QED) is 0.775. The second-order valence-electron chi connectivity index (χ2n) is 5.30. The largest absolute Gasteiger partial charge is 0.392 e. The number of likely N-dealkylation sites (tertiary alicyclic amines) is 1. The van der Waals surface area contributed by atoms with Gasteiger partial charge in [-0.1, -0.05) is 20.8 Å². The number of aliphatic hydroxyl groups is 1. The molecule has 2 unspecified atom stereocenters. The molecule has 1 saturated heterocycles. The van der Waals surface area contributed by atoms with Crippen LogP contribution in [0.3, 0.4) is 0 Å². The molecule has 1 N–H and O–H groups in total. The summed E-state index contributed by atoms with van der Waals surface area (Å²) in [5.74, 6) is 1.72. The van der Waals surface area contributed by atoms with E-state index in [1.807, 2.05) is 0 Å². The van der Waals surface area contributed by atoms with E-state index >= 15 is 0 Å². The monoisotopic (exact) mass is 213 g/mol. The number of hydrogen-bond donors (Lipinski definition) is 1. The summed E-state index contributed by atoms with van der Waals surface area (Å²) in [4.78, 5) is 2.44. The van der Waals surface area contributed by atoms with Gasteiger partial charge in [-0.2, -0.15) is 0 Å². The molecule has 0 amide bonds. The van der Waals surface area contributed by atoms with Crippen molar-refractivity contribution in [1.29, 1.82) is 0 Å². The van der Waals surface area contributed by atoms with Crippen LogP contribution in [-0.2, 0) is 0 Å².